The fraction of sp³-hybridized carbons (Fsp3) is 0.333. The molecule has 11 heavy (non-hydrogen) atoms. The van der Waals surface area contributed by atoms with Crippen molar-refractivity contribution in [2.24, 2.45) is 7.05 Å². The zero-order chi connectivity index (χ0) is 8.43. The van der Waals surface area contributed by atoms with Crippen molar-refractivity contribution in [1.82, 2.24) is 9.78 Å². The van der Waals surface area contributed by atoms with Crippen molar-refractivity contribution >= 4 is 29.5 Å². The lowest BCUT2D eigenvalue weighted by Crippen LogP contribution is -1.90. The first-order valence-corrected chi connectivity index (χ1v) is 3.72. The lowest BCUT2D eigenvalue weighted by Gasteiger charge is -1.93. The summed E-state index contributed by atoms with van der Waals surface area (Å²) < 4.78 is 1.47. The minimum atomic E-state index is -0.771. The maximum absolute atomic E-state index is 10.2. The van der Waals surface area contributed by atoms with Gasteiger partial charge < -0.3 is 0 Å². The van der Waals surface area contributed by atoms with E-state index in [9.17, 15) is 4.79 Å². The van der Waals surface area contributed by atoms with Gasteiger partial charge in [-0.1, -0.05) is 23.2 Å². The van der Waals surface area contributed by atoms with Gasteiger partial charge in [-0.3, -0.25) is 9.48 Å². The van der Waals surface area contributed by atoms with E-state index in [-0.39, 0.29) is 0 Å². The number of hydrogen-bond donors (Lipinski definition) is 0. The van der Waals surface area contributed by atoms with E-state index in [0.717, 1.165) is 0 Å². The second-order valence-electron chi connectivity index (χ2n) is 2.00. The fourth-order valence-corrected chi connectivity index (χ4v) is 1.07. The van der Waals surface area contributed by atoms with Crippen LogP contribution in [-0.4, -0.2) is 16.1 Å². The Hall–Kier alpha value is -0.540. The summed E-state index contributed by atoms with van der Waals surface area (Å²) in [6.45, 7) is 0. The molecule has 1 aromatic rings. The van der Waals surface area contributed by atoms with E-state index in [0.29, 0.717) is 11.3 Å². The van der Waals surface area contributed by atoms with Crippen molar-refractivity contribution in [3.8, 4) is 0 Å². The predicted molar refractivity (Wildman–Crippen MR) is 42.5 cm³/mol. The van der Waals surface area contributed by atoms with E-state index in [1.165, 1.54) is 10.9 Å². The molecule has 5 heteroatoms. The summed E-state index contributed by atoms with van der Waals surface area (Å²) in [5.74, 6) is 0. The van der Waals surface area contributed by atoms with Gasteiger partial charge in [-0.15, -0.1) is 0 Å². The second-order valence-corrected chi connectivity index (χ2v) is 3.10. The first-order chi connectivity index (χ1) is 5.15. The maximum Gasteiger partial charge on any atom is 0.237 e. The highest BCUT2D eigenvalue weighted by Crippen LogP contribution is 2.24. The van der Waals surface area contributed by atoms with Gasteiger partial charge in [-0.05, 0) is 0 Å². The lowest BCUT2D eigenvalue weighted by molar-refractivity contribution is 0.562. The highest BCUT2D eigenvalue weighted by Gasteiger charge is 2.13. The standard InChI is InChI=1S/C6H5Cl2N2O/c1-10-2-4(3-11)5(9-10)6(7)8/h2,6H,1H3. The molecule has 1 heterocycles. The first kappa shape index (κ1) is 8.56. The third kappa shape index (κ3) is 1.73. The molecule has 0 bridgehead atoms. The Labute approximate surface area is 73.9 Å². The Kier molecular flexibility index (Phi) is 2.52. The molecule has 0 unspecified atom stereocenters. The minimum absolute atomic E-state index is 0.308. The van der Waals surface area contributed by atoms with Crippen molar-refractivity contribution in [3.63, 3.8) is 0 Å². The number of rotatable bonds is 2. The number of hydrogen-bond acceptors (Lipinski definition) is 2. The van der Waals surface area contributed by atoms with Gasteiger partial charge in [0.1, 0.15) is 5.69 Å². The number of nitrogens with zero attached hydrogens (tertiary/aromatic N) is 2. The molecule has 0 atom stereocenters. The van der Waals surface area contributed by atoms with Crippen LogP contribution in [-0.2, 0) is 11.8 Å². The summed E-state index contributed by atoms with van der Waals surface area (Å²) in [6.07, 6.45) is 3.21. The molecule has 1 radical (unpaired) electrons. The molecular formula is C6H5Cl2N2O. The van der Waals surface area contributed by atoms with Crippen LogP contribution in [0.5, 0.6) is 0 Å². The smallest absolute Gasteiger partial charge is 0.237 e. The molecule has 0 aliphatic rings. The molecule has 0 N–H and O–H groups in total. The molecule has 0 amide bonds. The van der Waals surface area contributed by atoms with E-state index >= 15 is 0 Å². The summed E-state index contributed by atoms with van der Waals surface area (Å²) in [5.41, 5.74) is 0.660. The molecule has 0 aromatic carbocycles. The molecule has 3 nitrogen and oxygen atoms in total. The van der Waals surface area contributed by atoms with E-state index < -0.39 is 4.84 Å². The van der Waals surface area contributed by atoms with Crippen LogP contribution < -0.4 is 0 Å². The topological polar surface area (TPSA) is 34.9 Å². The molecule has 0 spiro atoms. The molecule has 0 aliphatic carbocycles. The summed E-state index contributed by atoms with van der Waals surface area (Å²) in [4.78, 5) is 9.48. The molecule has 59 valence electrons. The van der Waals surface area contributed by atoms with Crippen LogP contribution in [0.2, 0.25) is 0 Å². The van der Waals surface area contributed by atoms with Gasteiger partial charge in [0, 0.05) is 13.2 Å². The molecule has 0 saturated carbocycles. The molecule has 0 fully saturated rings. The number of aromatic nitrogens is 2. The van der Waals surface area contributed by atoms with Crippen LogP contribution in [0.15, 0.2) is 6.20 Å². The van der Waals surface area contributed by atoms with Crippen LogP contribution in [0, 0.1) is 0 Å². The predicted octanol–water partition coefficient (Wildman–Crippen LogP) is 1.35. The normalized spacial score (nSPS) is 10.5. The van der Waals surface area contributed by atoms with Crippen molar-refractivity contribution in [1.29, 1.82) is 0 Å². The van der Waals surface area contributed by atoms with Gasteiger partial charge in [0.15, 0.2) is 4.84 Å². The van der Waals surface area contributed by atoms with Gasteiger partial charge in [0.2, 0.25) is 6.29 Å². The highest BCUT2D eigenvalue weighted by molar-refractivity contribution is 6.44. The number of alkyl halides is 2. The minimum Gasteiger partial charge on any atom is -0.285 e. The number of carbonyl (C=O) groups excluding carboxylic acids is 1. The van der Waals surface area contributed by atoms with Crippen molar-refractivity contribution < 1.29 is 4.79 Å². The van der Waals surface area contributed by atoms with E-state index in [2.05, 4.69) is 5.10 Å². The number of halogens is 2. The highest BCUT2D eigenvalue weighted by atomic mass is 35.5. The van der Waals surface area contributed by atoms with E-state index in [4.69, 9.17) is 23.2 Å². The average molecular weight is 192 g/mol. The Bertz CT molecular complexity index is 270. The van der Waals surface area contributed by atoms with Crippen molar-refractivity contribution in [3.05, 3.63) is 17.5 Å². The zero-order valence-electron chi connectivity index (χ0n) is 5.71. The fourth-order valence-electron chi connectivity index (χ4n) is 0.745. The molecule has 1 aromatic heterocycles. The summed E-state index contributed by atoms with van der Waals surface area (Å²) in [7, 11) is 1.68. The largest absolute Gasteiger partial charge is 0.285 e. The monoisotopic (exact) mass is 191 g/mol. The van der Waals surface area contributed by atoms with Crippen molar-refractivity contribution in [2.45, 2.75) is 4.84 Å². The zero-order valence-corrected chi connectivity index (χ0v) is 7.23. The maximum atomic E-state index is 10.2. The summed E-state index contributed by atoms with van der Waals surface area (Å²) in [5, 5.41) is 3.87. The molecule has 0 saturated heterocycles. The summed E-state index contributed by atoms with van der Waals surface area (Å²) >= 11 is 11.0. The van der Waals surface area contributed by atoms with Crippen LogP contribution in [0.4, 0.5) is 0 Å². The van der Waals surface area contributed by atoms with Gasteiger partial charge in [-0.2, -0.15) is 5.10 Å². The van der Waals surface area contributed by atoms with Crippen molar-refractivity contribution in [2.75, 3.05) is 0 Å². The Morgan fingerprint density at radius 2 is 2.36 bits per heavy atom. The summed E-state index contributed by atoms with van der Waals surface area (Å²) in [6, 6.07) is 0. The van der Waals surface area contributed by atoms with Gasteiger partial charge >= 0.3 is 0 Å². The second kappa shape index (κ2) is 3.24. The van der Waals surface area contributed by atoms with Crippen LogP contribution >= 0.6 is 23.2 Å². The third-order valence-electron chi connectivity index (χ3n) is 1.17. The van der Waals surface area contributed by atoms with Crippen LogP contribution in [0.1, 0.15) is 16.1 Å². The quantitative estimate of drug-likeness (QED) is 0.663. The average Bonchev–Trinajstić information content (AvgIpc) is 2.30. The lowest BCUT2D eigenvalue weighted by atomic mass is 10.3. The molecular weight excluding hydrogens is 187 g/mol. The number of aryl methyl sites for hydroxylation is 1. The van der Waals surface area contributed by atoms with Crippen LogP contribution in [0.3, 0.4) is 0 Å². The third-order valence-corrected chi connectivity index (χ3v) is 1.59. The van der Waals surface area contributed by atoms with E-state index in [1.807, 2.05) is 0 Å². The van der Waals surface area contributed by atoms with Gasteiger partial charge in [0.05, 0.1) is 5.56 Å². The Balaban J connectivity index is 3.11. The van der Waals surface area contributed by atoms with Crippen LogP contribution in [0.25, 0.3) is 0 Å². The first-order valence-electron chi connectivity index (χ1n) is 2.85. The van der Waals surface area contributed by atoms with Gasteiger partial charge in [-0.25, -0.2) is 0 Å². The molecule has 0 aliphatic heterocycles. The SMILES string of the molecule is Cn1cc([C]=O)c(C(Cl)Cl)n1. The van der Waals surface area contributed by atoms with E-state index in [1.54, 1.807) is 13.3 Å². The Morgan fingerprint density at radius 3 is 2.73 bits per heavy atom. The van der Waals surface area contributed by atoms with Gasteiger partial charge in [0.25, 0.3) is 0 Å². The Morgan fingerprint density at radius 1 is 1.73 bits per heavy atom. The molecule has 1 rings (SSSR count).